The maximum Gasteiger partial charge on any atom is 0.190 e. The zero-order valence-electron chi connectivity index (χ0n) is 12.5. The van der Waals surface area contributed by atoms with Crippen LogP contribution in [0.2, 0.25) is 5.02 Å². The molecule has 0 saturated carbocycles. The van der Waals surface area contributed by atoms with Crippen molar-refractivity contribution in [3.05, 3.63) is 69.7 Å². The van der Waals surface area contributed by atoms with Crippen LogP contribution >= 0.6 is 22.9 Å². The maximum absolute atomic E-state index is 9.12. The number of aromatic nitrogens is 3. The van der Waals surface area contributed by atoms with Gasteiger partial charge in [-0.05, 0) is 41.3 Å². The molecule has 0 saturated heterocycles. The number of halogens is 1. The summed E-state index contributed by atoms with van der Waals surface area (Å²) in [5, 5.41) is 21.4. The third-order valence-electron chi connectivity index (χ3n) is 3.74. The molecule has 4 aromatic rings. The van der Waals surface area contributed by atoms with Crippen molar-refractivity contribution in [1.82, 2.24) is 15.4 Å². The minimum Gasteiger partial charge on any atom is -0.196 e. The summed E-state index contributed by atoms with van der Waals surface area (Å²) in [6.45, 7) is 0. The van der Waals surface area contributed by atoms with Crippen molar-refractivity contribution >= 4 is 33.0 Å². The number of nitriles is 1. The van der Waals surface area contributed by atoms with Gasteiger partial charge in [-0.15, -0.1) is 16.4 Å². The highest BCUT2D eigenvalue weighted by atomic mass is 35.5. The molecule has 2 aromatic heterocycles. The van der Waals surface area contributed by atoms with Crippen molar-refractivity contribution in [3.8, 4) is 17.3 Å². The van der Waals surface area contributed by atoms with Gasteiger partial charge in [-0.1, -0.05) is 29.8 Å². The van der Waals surface area contributed by atoms with Crippen LogP contribution in [-0.4, -0.2) is 15.4 Å². The van der Waals surface area contributed by atoms with Gasteiger partial charge in [-0.2, -0.15) is 15.6 Å². The molecule has 2 aromatic carbocycles. The van der Waals surface area contributed by atoms with Crippen molar-refractivity contribution in [2.45, 2.75) is 6.42 Å². The van der Waals surface area contributed by atoms with Crippen LogP contribution in [-0.2, 0) is 6.42 Å². The van der Waals surface area contributed by atoms with E-state index in [0.29, 0.717) is 10.7 Å². The fourth-order valence-corrected chi connectivity index (χ4v) is 4.08. The second kappa shape index (κ2) is 6.08. The summed E-state index contributed by atoms with van der Waals surface area (Å²) in [5.74, 6) is 0. The molecule has 6 heteroatoms. The van der Waals surface area contributed by atoms with E-state index >= 15 is 0 Å². The summed E-state index contributed by atoms with van der Waals surface area (Å²) in [7, 11) is 0. The lowest BCUT2D eigenvalue weighted by Gasteiger charge is -2.04. The number of hydrogen-bond acceptors (Lipinski definition) is 4. The Hall–Kier alpha value is -2.68. The predicted octanol–water partition coefficient (Wildman–Crippen LogP) is 4.80. The van der Waals surface area contributed by atoms with E-state index in [9.17, 15) is 0 Å². The molecule has 0 aliphatic rings. The van der Waals surface area contributed by atoms with E-state index in [1.807, 2.05) is 30.3 Å². The lowest BCUT2D eigenvalue weighted by atomic mass is 10.0. The highest BCUT2D eigenvalue weighted by Crippen LogP contribution is 2.30. The molecular weight excluding hydrogens is 340 g/mol. The van der Waals surface area contributed by atoms with Gasteiger partial charge >= 0.3 is 0 Å². The summed E-state index contributed by atoms with van der Waals surface area (Å²) in [6.07, 6.45) is 0.784. The smallest absolute Gasteiger partial charge is 0.190 e. The number of thiophene rings is 1. The second-order valence-corrected chi connectivity index (χ2v) is 7.01. The molecule has 0 atom stereocenters. The molecule has 0 bridgehead atoms. The third-order valence-corrected chi connectivity index (χ3v) is 5.07. The SMILES string of the molecule is N#Cc1n[nH]nc1-c1cc(Cl)cc(Cc2cc3ccccc3s2)c1. The number of aromatic amines is 1. The van der Waals surface area contributed by atoms with Gasteiger partial charge in [0.1, 0.15) is 11.8 Å². The third kappa shape index (κ3) is 2.78. The fourth-order valence-electron chi connectivity index (χ4n) is 2.72. The molecule has 0 spiro atoms. The summed E-state index contributed by atoms with van der Waals surface area (Å²) < 4.78 is 1.28. The molecule has 0 aliphatic heterocycles. The summed E-state index contributed by atoms with van der Waals surface area (Å²) in [6, 6.07) is 18.3. The Morgan fingerprint density at radius 1 is 1.12 bits per heavy atom. The van der Waals surface area contributed by atoms with Crippen molar-refractivity contribution < 1.29 is 0 Å². The van der Waals surface area contributed by atoms with E-state index < -0.39 is 0 Å². The Balaban J connectivity index is 1.72. The van der Waals surface area contributed by atoms with Gasteiger partial charge in [0, 0.05) is 26.6 Å². The molecule has 0 aliphatic carbocycles. The molecular formula is C18H11ClN4S. The first-order valence-corrected chi connectivity index (χ1v) is 8.50. The molecule has 1 N–H and O–H groups in total. The Labute approximate surface area is 147 Å². The largest absolute Gasteiger partial charge is 0.196 e. The minimum absolute atomic E-state index is 0.269. The maximum atomic E-state index is 9.12. The number of hydrogen-bond donors (Lipinski definition) is 1. The molecule has 0 amide bonds. The normalized spacial score (nSPS) is 10.8. The Kier molecular flexibility index (Phi) is 3.77. The van der Waals surface area contributed by atoms with E-state index in [0.717, 1.165) is 17.5 Å². The molecule has 4 rings (SSSR count). The van der Waals surface area contributed by atoms with E-state index in [4.69, 9.17) is 16.9 Å². The van der Waals surface area contributed by atoms with Crippen molar-refractivity contribution in [1.29, 1.82) is 5.26 Å². The number of fused-ring (bicyclic) bond motifs is 1. The predicted molar refractivity (Wildman–Crippen MR) is 96.2 cm³/mol. The van der Waals surface area contributed by atoms with Crippen LogP contribution in [0.1, 0.15) is 16.1 Å². The number of benzene rings is 2. The van der Waals surface area contributed by atoms with Gasteiger partial charge in [0.15, 0.2) is 5.69 Å². The molecule has 0 radical (unpaired) electrons. The zero-order valence-corrected chi connectivity index (χ0v) is 14.0. The van der Waals surface area contributed by atoms with Crippen LogP contribution in [0.25, 0.3) is 21.3 Å². The van der Waals surface area contributed by atoms with Crippen molar-refractivity contribution in [2.24, 2.45) is 0 Å². The molecule has 0 fully saturated rings. The number of H-pyrrole nitrogens is 1. The van der Waals surface area contributed by atoms with Crippen LogP contribution in [0.5, 0.6) is 0 Å². The van der Waals surface area contributed by atoms with E-state index in [1.54, 1.807) is 17.4 Å². The topological polar surface area (TPSA) is 65.4 Å². The van der Waals surface area contributed by atoms with E-state index in [2.05, 4.69) is 33.6 Å². The summed E-state index contributed by atoms with van der Waals surface area (Å²) in [5.41, 5.74) is 2.67. The number of rotatable bonds is 3. The van der Waals surface area contributed by atoms with Gasteiger partial charge < -0.3 is 0 Å². The van der Waals surface area contributed by atoms with Crippen LogP contribution in [0.15, 0.2) is 48.5 Å². The average molecular weight is 351 g/mol. The van der Waals surface area contributed by atoms with Crippen LogP contribution in [0, 0.1) is 11.3 Å². The molecule has 4 nitrogen and oxygen atoms in total. The molecule has 2 heterocycles. The van der Waals surface area contributed by atoms with Crippen molar-refractivity contribution in [3.63, 3.8) is 0 Å². The molecule has 0 unspecified atom stereocenters. The van der Waals surface area contributed by atoms with Gasteiger partial charge in [-0.25, -0.2) is 0 Å². The second-order valence-electron chi connectivity index (χ2n) is 5.41. The molecule has 24 heavy (non-hydrogen) atoms. The average Bonchev–Trinajstić information content (AvgIpc) is 3.20. The monoisotopic (exact) mass is 350 g/mol. The first-order chi connectivity index (χ1) is 11.7. The van der Waals surface area contributed by atoms with Gasteiger partial charge in [0.2, 0.25) is 0 Å². The lowest BCUT2D eigenvalue weighted by Crippen LogP contribution is -1.89. The Morgan fingerprint density at radius 2 is 2.00 bits per heavy atom. The number of nitrogens with one attached hydrogen (secondary N) is 1. The highest BCUT2D eigenvalue weighted by Gasteiger charge is 2.12. The Morgan fingerprint density at radius 3 is 2.83 bits per heavy atom. The highest BCUT2D eigenvalue weighted by molar-refractivity contribution is 7.19. The van der Waals surface area contributed by atoms with Crippen LogP contribution in [0.3, 0.4) is 0 Å². The fraction of sp³-hybridized carbons (Fsp3) is 0.0556. The lowest BCUT2D eigenvalue weighted by molar-refractivity contribution is 0.937. The zero-order chi connectivity index (χ0) is 16.5. The van der Waals surface area contributed by atoms with Crippen LogP contribution in [0.4, 0.5) is 0 Å². The quantitative estimate of drug-likeness (QED) is 0.577. The first kappa shape index (κ1) is 14.9. The van der Waals surface area contributed by atoms with Crippen LogP contribution < -0.4 is 0 Å². The number of nitrogens with zero attached hydrogens (tertiary/aromatic N) is 3. The first-order valence-electron chi connectivity index (χ1n) is 7.31. The van der Waals surface area contributed by atoms with Crippen molar-refractivity contribution in [2.75, 3.05) is 0 Å². The van der Waals surface area contributed by atoms with E-state index in [1.165, 1.54) is 15.0 Å². The summed E-state index contributed by atoms with van der Waals surface area (Å²) in [4.78, 5) is 1.27. The van der Waals surface area contributed by atoms with Gasteiger partial charge in [0.25, 0.3) is 0 Å². The van der Waals surface area contributed by atoms with Gasteiger partial charge in [-0.3, -0.25) is 0 Å². The van der Waals surface area contributed by atoms with E-state index in [-0.39, 0.29) is 5.69 Å². The van der Waals surface area contributed by atoms with Gasteiger partial charge in [0.05, 0.1) is 0 Å². The standard InChI is InChI=1S/C18H11ClN4S/c19-14-6-11(5-13(8-14)18-16(10-20)21-23-22-18)7-15-9-12-3-1-2-4-17(12)24-15/h1-6,8-9H,7H2,(H,21,22,23). The Bertz CT molecular complexity index is 1040. The molecule has 116 valence electrons. The minimum atomic E-state index is 0.269. The summed E-state index contributed by atoms with van der Waals surface area (Å²) >= 11 is 8.05.